The molecule has 0 saturated carbocycles. The number of carbonyl (C=O) groups is 2. The molecule has 11 heavy (non-hydrogen) atoms. The minimum atomic E-state index is -0.990. The third-order valence-corrected chi connectivity index (χ3v) is 1.13. The molecule has 5 heteroatoms. The first-order valence-corrected chi connectivity index (χ1v) is 3.09. The molecule has 0 aliphatic rings. The van der Waals surface area contributed by atoms with Crippen LogP contribution in [0.4, 0.5) is 0 Å². The molecule has 0 unspecified atom stereocenters. The molecule has 0 amide bonds. The van der Waals surface area contributed by atoms with Gasteiger partial charge in [0, 0.05) is 0 Å². The number of hydrogen-bond acceptors (Lipinski definition) is 2. The average molecular weight is 162 g/mol. The van der Waals surface area contributed by atoms with Crippen molar-refractivity contribution >= 4 is 11.9 Å². The van der Waals surface area contributed by atoms with Crippen molar-refractivity contribution in [1.29, 1.82) is 0 Å². The molecule has 64 valence electrons. The summed E-state index contributed by atoms with van der Waals surface area (Å²) < 4.78 is -0.0370. The fraction of sp³-hybridized carbons (Fsp3) is 0.667. The largest absolute Gasteiger partial charge is 0.477 e. The number of carboxylic acid groups (broad SMARTS) is 2. The summed E-state index contributed by atoms with van der Waals surface area (Å²) in [4.78, 5) is 20.4. The Bertz CT molecular complexity index is 157. The van der Waals surface area contributed by atoms with Gasteiger partial charge in [-0.1, -0.05) is 0 Å². The normalized spacial score (nSPS) is 11.1. The van der Waals surface area contributed by atoms with Gasteiger partial charge in [0.05, 0.1) is 14.1 Å². The topological polar surface area (TPSA) is 74.6 Å². The molecule has 0 rings (SSSR count). The number of quaternary nitrogens is 1. The summed E-state index contributed by atoms with van der Waals surface area (Å²) in [5.41, 5.74) is 0. The van der Waals surface area contributed by atoms with E-state index in [1.165, 1.54) is 0 Å². The van der Waals surface area contributed by atoms with E-state index in [1.54, 1.807) is 14.1 Å². The summed E-state index contributed by atoms with van der Waals surface area (Å²) in [6, 6.07) is 0. The number of hydrogen-bond donors (Lipinski definition) is 2. The van der Waals surface area contributed by atoms with E-state index in [1.807, 2.05) is 0 Å². The second-order valence-electron chi connectivity index (χ2n) is 3.04. The Morgan fingerprint density at radius 1 is 1.09 bits per heavy atom. The van der Waals surface area contributed by atoms with Crippen LogP contribution in [0.15, 0.2) is 0 Å². The maximum atomic E-state index is 10.2. The van der Waals surface area contributed by atoms with Crippen molar-refractivity contribution in [1.82, 2.24) is 0 Å². The monoisotopic (exact) mass is 162 g/mol. The molecular formula is C6H12NO4+. The minimum Gasteiger partial charge on any atom is -0.477 e. The van der Waals surface area contributed by atoms with Crippen LogP contribution in [0.5, 0.6) is 0 Å². The van der Waals surface area contributed by atoms with Crippen molar-refractivity contribution < 1.29 is 24.3 Å². The molecule has 0 aliphatic carbocycles. The first-order chi connectivity index (χ1) is 4.83. The maximum Gasteiger partial charge on any atom is 0.359 e. The lowest BCUT2D eigenvalue weighted by Crippen LogP contribution is -2.47. The summed E-state index contributed by atoms with van der Waals surface area (Å²) in [5, 5.41) is 16.7. The van der Waals surface area contributed by atoms with Gasteiger partial charge in [0.1, 0.15) is 0 Å². The predicted molar refractivity (Wildman–Crippen MR) is 37.1 cm³/mol. The van der Waals surface area contributed by atoms with E-state index in [2.05, 4.69) is 0 Å². The SMILES string of the molecule is C[N+](C)(CC(=O)O)CC(=O)O. The van der Waals surface area contributed by atoms with E-state index < -0.39 is 11.9 Å². The maximum absolute atomic E-state index is 10.2. The molecule has 0 aromatic rings. The van der Waals surface area contributed by atoms with Crippen LogP contribution in [-0.2, 0) is 9.59 Å². The lowest BCUT2D eigenvalue weighted by molar-refractivity contribution is -0.875. The molecule has 0 atom stereocenters. The summed E-state index contributed by atoms with van der Waals surface area (Å²) in [7, 11) is 3.12. The quantitative estimate of drug-likeness (QED) is 0.532. The molecular weight excluding hydrogens is 150 g/mol. The standard InChI is InChI=1S/C6H11NO4/c1-7(2,3-5(8)9)4-6(10)11/h3-4H2,1-2H3,(H-,8,9,10,11)/p+1. The lowest BCUT2D eigenvalue weighted by Gasteiger charge is -2.24. The van der Waals surface area contributed by atoms with Crippen molar-refractivity contribution in [2.75, 3.05) is 27.2 Å². The van der Waals surface area contributed by atoms with Crippen molar-refractivity contribution in [2.24, 2.45) is 0 Å². The van der Waals surface area contributed by atoms with Gasteiger partial charge in [0.2, 0.25) is 0 Å². The summed E-state index contributed by atoms with van der Waals surface area (Å²) >= 11 is 0. The van der Waals surface area contributed by atoms with E-state index in [-0.39, 0.29) is 17.6 Å². The zero-order valence-electron chi connectivity index (χ0n) is 6.57. The highest BCUT2D eigenvalue weighted by atomic mass is 16.4. The molecule has 0 spiro atoms. The van der Waals surface area contributed by atoms with Crippen molar-refractivity contribution in [2.45, 2.75) is 0 Å². The van der Waals surface area contributed by atoms with Crippen LogP contribution in [-0.4, -0.2) is 53.8 Å². The Labute approximate surface area is 64.4 Å². The molecule has 0 heterocycles. The van der Waals surface area contributed by atoms with Gasteiger partial charge in [0.15, 0.2) is 13.1 Å². The lowest BCUT2D eigenvalue weighted by atomic mass is 10.4. The van der Waals surface area contributed by atoms with E-state index in [4.69, 9.17) is 10.2 Å². The highest BCUT2D eigenvalue weighted by molar-refractivity contribution is 5.70. The third-order valence-electron chi connectivity index (χ3n) is 1.13. The summed E-state index contributed by atoms with van der Waals surface area (Å²) in [5.74, 6) is -1.98. The fourth-order valence-corrected chi connectivity index (χ4v) is 0.788. The van der Waals surface area contributed by atoms with Crippen LogP contribution in [0.25, 0.3) is 0 Å². The second kappa shape index (κ2) is 3.34. The number of likely N-dealkylation sites (N-methyl/N-ethyl adjacent to an activating group) is 1. The van der Waals surface area contributed by atoms with Gasteiger partial charge in [-0.05, 0) is 0 Å². The number of nitrogens with zero attached hydrogens (tertiary/aromatic N) is 1. The Morgan fingerprint density at radius 2 is 1.36 bits per heavy atom. The van der Waals surface area contributed by atoms with Crippen LogP contribution in [0.3, 0.4) is 0 Å². The Balaban J connectivity index is 3.99. The first kappa shape index (κ1) is 9.90. The Hall–Kier alpha value is -1.10. The molecule has 0 fully saturated rings. The van der Waals surface area contributed by atoms with E-state index in [0.717, 1.165) is 0 Å². The van der Waals surface area contributed by atoms with Crippen LogP contribution in [0, 0.1) is 0 Å². The fourth-order valence-electron chi connectivity index (χ4n) is 0.788. The highest BCUT2D eigenvalue weighted by Gasteiger charge is 2.22. The van der Waals surface area contributed by atoms with Crippen molar-refractivity contribution in [3.05, 3.63) is 0 Å². The molecule has 2 N–H and O–H groups in total. The zero-order valence-corrected chi connectivity index (χ0v) is 6.57. The third kappa shape index (κ3) is 5.35. The number of rotatable bonds is 4. The molecule has 0 aromatic heterocycles. The smallest absolute Gasteiger partial charge is 0.359 e. The number of carboxylic acids is 2. The van der Waals surface area contributed by atoms with Gasteiger partial charge in [-0.25, -0.2) is 9.59 Å². The molecule has 0 radical (unpaired) electrons. The van der Waals surface area contributed by atoms with Crippen molar-refractivity contribution in [3.8, 4) is 0 Å². The van der Waals surface area contributed by atoms with Gasteiger partial charge >= 0.3 is 11.9 Å². The second-order valence-corrected chi connectivity index (χ2v) is 3.04. The van der Waals surface area contributed by atoms with E-state index in [0.29, 0.717) is 0 Å². The predicted octanol–water partition coefficient (Wildman–Crippen LogP) is -0.768. The van der Waals surface area contributed by atoms with Gasteiger partial charge in [0.25, 0.3) is 0 Å². The van der Waals surface area contributed by atoms with E-state index in [9.17, 15) is 9.59 Å². The van der Waals surface area contributed by atoms with Crippen molar-refractivity contribution in [3.63, 3.8) is 0 Å². The molecule has 0 aliphatic heterocycles. The molecule has 0 saturated heterocycles. The van der Waals surface area contributed by atoms with Gasteiger partial charge < -0.3 is 14.7 Å². The molecule has 0 aromatic carbocycles. The Morgan fingerprint density at radius 3 is 1.55 bits per heavy atom. The van der Waals surface area contributed by atoms with Crippen LogP contribution >= 0.6 is 0 Å². The zero-order chi connectivity index (χ0) is 9.07. The molecule has 5 nitrogen and oxygen atoms in total. The molecule has 0 bridgehead atoms. The minimum absolute atomic E-state index is 0.0370. The highest BCUT2D eigenvalue weighted by Crippen LogP contribution is 1.94. The summed E-state index contributed by atoms with van der Waals surface area (Å²) in [6.45, 7) is -0.349. The Kier molecular flexibility index (Phi) is 3.00. The van der Waals surface area contributed by atoms with E-state index >= 15 is 0 Å². The van der Waals surface area contributed by atoms with Crippen LogP contribution < -0.4 is 0 Å². The average Bonchev–Trinajstić information content (AvgIpc) is 1.53. The van der Waals surface area contributed by atoms with Crippen LogP contribution in [0.1, 0.15) is 0 Å². The van der Waals surface area contributed by atoms with Gasteiger partial charge in [-0.3, -0.25) is 0 Å². The summed E-state index contributed by atoms with van der Waals surface area (Å²) in [6.07, 6.45) is 0. The first-order valence-electron chi connectivity index (χ1n) is 3.09. The van der Waals surface area contributed by atoms with Gasteiger partial charge in [-0.15, -0.1) is 0 Å². The van der Waals surface area contributed by atoms with Crippen LogP contribution in [0.2, 0.25) is 0 Å². The number of aliphatic carboxylic acids is 2. The van der Waals surface area contributed by atoms with Gasteiger partial charge in [-0.2, -0.15) is 0 Å².